The molecule has 1 aliphatic heterocycles. The van der Waals surface area contributed by atoms with Gasteiger partial charge in [0.05, 0.1) is 28.0 Å². The second-order valence-electron chi connectivity index (χ2n) is 9.43. The molecule has 5 rings (SSSR count). The molecule has 4 aromatic rings. The maximum atomic E-state index is 15.3. The summed E-state index contributed by atoms with van der Waals surface area (Å²) in [6.45, 7) is 0.599. The summed E-state index contributed by atoms with van der Waals surface area (Å²) in [5.41, 5.74) is -1.72. The predicted octanol–water partition coefficient (Wildman–Crippen LogP) is 5.80. The number of halogens is 6. The third kappa shape index (κ3) is 5.75. The molecular weight excluding hydrogens is 570 g/mol. The number of rotatable bonds is 5. The Balaban J connectivity index is 1.41. The molecule has 1 saturated heterocycles. The molecule has 2 heterocycles. The molecule has 0 radical (unpaired) electrons. The topological polar surface area (TPSA) is 66.4 Å². The minimum Gasteiger partial charge on any atom is -0.367 e. The van der Waals surface area contributed by atoms with Crippen LogP contribution in [0.3, 0.4) is 0 Å². The average Bonchev–Trinajstić information content (AvgIpc) is 3.37. The van der Waals surface area contributed by atoms with Gasteiger partial charge in [0.15, 0.2) is 16.8 Å². The average molecular weight is 591 g/mol. The molecule has 1 aliphatic rings. The van der Waals surface area contributed by atoms with Crippen molar-refractivity contribution in [1.29, 1.82) is 0 Å². The number of nitrogens with zero attached hydrogens (tertiary/aromatic N) is 2. The van der Waals surface area contributed by atoms with E-state index in [4.69, 9.17) is 12.2 Å². The highest BCUT2D eigenvalue weighted by Gasteiger charge is 2.31. The molecule has 1 atom stereocenters. The Morgan fingerprint density at radius 2 is 1.76 bits per heavy atom. The number of nitrogens with one attached hydrogen (secondary N) is 2. The van der Waals surface area contributed by atoms with Crippen molar-refractivity contribution in [1.82, 2.24) is 9.88 Å². The Hall–Kier alpha value is -4.39. The zero-order chi connectivity index (χ0) is 29.5. The lowest BCUT2D eigenvalue weighted by atomic mass is 10.1. The van der Waals surface area contributed by atoms with E-state index in [-0.39, 0.29) is 57.5 Å². The third-order valence-electron chi connectivity index (χ3n) is 6.71. The van der Waals surface area contributed by atoms with Crippen LogP contribution in [0.15, 0.2) is 65.6 Å². The molecule has 212 valence electrons. The number of pyridine rings is 1. The van der Waals surface area contributed by atoms with Gasteiger partial charge in [0.1, 0.15) is 17.5 Å². The highest BCUT2D eigenvalue weighted by atomic mass is 32.1. The zero-order valence-electron chi connectivity index (χ0n) is 20.9. The molecule has 13 heteroatoms. The number of carbonyl (C=O) groups excluding carboxylic acids is 1. The zero-order valence-corrected chi connectivity index (χ0v) is 21.8. The third-order valence-corrected chi connectivity index (χ3v) is 6.93. The monoisotopic (exact) mass is 590 g/mol. The summed E-state index contributed by atoms with van der Waals surface area (Å²) in [7, 11) is 0. The summed E-state index contributed by atoms with van der Waals surface area (Å²) in [5, 5.41) is 5.65. The summed E-state index contributed by atoms with van der Waals surface area (Å²) in [4.78, 5) is 26.0. The highest BCUT2D eigenvalue weighted by molar-refractivity contribution is 7.80. The number of aromatic nitrogens is 1. The number of benzene rings is 3. The first-order valence-corrected chi connectivity index (χ1v) is 12.6. The Bertz CT molecular complexity index is 1740. The Morgan fingerprint density at radius 3 is 2.46 bits per heavy atom. The molecule has 1 aromatic heterocycles. The van der Waals surface area contributed by atoms with E-state index in [1.807, 2.05) is 0 Å². The predicted molar refractivity (Wildman–Crippen MR) is 146 cm³/mol. The SMILES string of the molecule is O=Cc1cn(-c2ccc(F)cc2F)c2cc(N3CCC(NC(=S)Nc4cccc(C(F)(F)F)c4)C3)c(F)cc2c1=O. The van der Waals surface area contributed by atoms with E-state index in [1.165, 1.54) is 22.8 Å². The van der Waals surface area contributed by atoms with Gasteiger partial charge in [-0.15, -0.1) is 0 Å². The summed E-state index contributed by atoms with van der Waals surface area (Å²) in [6, 6.07) is 9.39. The summed E-state index contributed by atoms with van der Waals surface area (Å²) in [5.74, 6) is -2.53. The normalized spacial score (nSPS) is 15.3. The van der Waals surface area contributed by atoms with E-state index in [1.54, 1.807) is 4.90 Å². The molecule has 3 aromatic carbocycles. The van der Waals surface area contributed by atoms with Gasteiger partial charge < -0.3 is 20.1 Å². The molecule has 0 amide bonds. The Labute approximate surface area is 234 Å². The second kappa shape index (κ2) is 10.9. The van der Waals surface area contributed by atoms with Crippen molar-refractivity contribution in [3.8, 4) is 5.69 Å². The first kappa shape index (κ1) is 28.1. The van der Waals surface area contributed by atoms with Crippen LogP contribution in [0.25, 0.3) is 16.6 Å². The maximum Gasteiger partial charge on any atom is 0.416 e. The number of aldehydes is 1. The smallest absolute Gasteiger partial charge is 0.367 e. The van der Waals surface area contributed by atoms with Crippen molar-refractivity contribution >= 4 is 45.9 Å². The van der Waals surface area contributed by atoms with Gasteiger partial charge in [0.25, 0.3) is 0 Å². The van der Waals surface area contributed by atoms with Crippen molar-refractivity contribution in [2.75, 3.05) is 23.3 Å². The summed E-state index contributed by atoms with van der Waals surface area (Å²) >= 11 is 5.26. The number of thiocarbonyl (C=S) groups is 1. The van der Waals surface area contributed by atoms with Crippen molar-refractivity contribution in [3.63, 3.8) is 0 Å². The fourth-order valence-corrected chi connectivity index (χ4v) is 5.06. The van der Waals surface area contributed by atoms with E-state index in [2.05, 4.69) is 10.6 Å². The first-order valence-electron chi connectivity index (χ1n) is 12.2. The van der Waals surface area contributed by atoms with E-state index < -0.39 is 34.6 Å². The van der Waals surface area contributed by atoms with Crippen LogP contribution in [0.4, 0.5) is 37.7 Å². The van der Waals surface area contributed by atoms with Crippen molar-refractivity contribution in [2.45, 2.75) is 18.6 Å². The lowest BCUT2D eigenvalue weighted by molar-refractivity contribution is -0.137. The lowest BCUT2D eigenvalue weighted by Crippen LogP contribution is -2.39. The van der Waals surface area contributed by atoms with Crippen LogP contribution < -0.4 is 21.0 Å². The van der Waals surface area contributed by atoms with Crippen LogP contribution in [-0.2, 0) is 6.18 Å². The molecule has 1 fully saturated rings. The summed E-state index contributed by atoms with van der Waals surface area (Å²) < 4.78 is 83.8. The molecule has 41 heavy (non-hydrogen) atoms. The van der Waals surface area contributed by atoms with Crippen molar-refractivity contribution < 1.29 is 31.1 Å². The van der Waals surface area contributed by atoms with E-state index >= 15 is 4.39 Å². The second-order valence-corrected chi connectivity index (χ2v) is 9.83. The molecule has 0 bridgehead atoms. The minimum absolute atomic E-state index is 0.0807. The van der Waals surface area contributed by atoms with Gasteiger partial charge in [0.2, 0.25) is 0 Å². The summed E-state index contributed by atoms with van der Waals surface area (Å²) in [6.07, 6.45) is -2.63. The van der Waals surface area contributed by atoms with Crippen LogP contribution in [0.2, 0.25) is 0 Å². The maximum absolute atomic E-state index is 15.3. The minimum atomic E-state index is -4.51. The highest BCUT2D eigenvalue weighted by Crippen LogP contribution is 2.32. The van der Waals surface area contributed by atoms with Gasteiger partial charge in [-0.3, -0.25) is 9.59 Å². The van der Waals surface area contributed by atoms with Gasteiger partial charge in [-0.05, 0) is 61.1 Å². The Morgan fingerprint density at radius 1 is 1.00 bits per heavy atom. The van der Waals surface area contributed by atoms with Crippen LogP contribution in [0.1, 0.15) is 22.3 Å². The van der Waals surface area contributed by atoms with E-state index in [0.717, 1.165) is 36.5 Å². The van der Waals surface area contributed by atoms with E-state index in [9.17, 15) is 31.5 Å². The van der Waals surface area contributed by atoms with Gasteiger partial charge in [-0.1, -0.05) is 6.07 Å². The van der Waals surface area contributed by atoms with Crippen LogP contribution >= 0.6 is 12.2 Å². The molecule has 2 N–H and O–H groups in total. The largest absolute Gasteiger partial charge is 0.416 e. The molecule has 0 spiro atoms. The molecule has 1 unspecified atom stereocenters. The number of fused-ring (bicyclic) bond motifs is 1. The number of hydrogen-bond donors (Lipinski definition) is 2. The lowest BCUT2D eigenvalue weighted by Gasteiger charge is -2.22. The van der Waals surface area contributed by atoms with E-state index in [0.29, 0.717) is 19.0 Å². The standard InChI is InChI=1S/C28H20F6N4O2S/c29-17-4-5-23(21(30)9-17)38-12-15(14-39)26(40)20-10-22(31)25(11-24(20)38)37-7-6-19(13-37)36-27(41)35-18-3-1-2-16(8-18)28(32,33)34/h1-5,8-12,14,19H,6-7,13H2,(H2,35,36,41). The quantitative estimate of drug-likeness (QED) is 0.174. The first-order chi connectivity index (χ1) is 19.4. The Kier molecular flexibility index (Phi) is 7.47. The molecule has 0 saturated carbocycles. The van der Waals surface area contributed by atoms with Gasteiger partial charge in [-0.2, -0.15) is 13.2 Å². The molecule has 6 nitrogen and oxygen atoms in total. The van der Waals surface area contributed by atoms with Crippen molar-refractivity contribution in [3.05, 3.63) is 99.6 Å². The van der Waals surface area contributed by atoms with Gasteiger partial charge >= 0.3 is 6.18 Å². The van der Waals surface area contributed by atoms with Crippen LogP contribution in [-0.4, -0.2) is 35.1 Å². The molecule has 0 aliphatic carbocycles. The van der Waals surface area contributed by atoms with Gasteiger partial charge in [0, 0.05) is 42.5 Å². The molecular formula is C28H20F6N4O2S. The number of anilines is 2. The number of alkyl halides is 3. The number of carbonyl (C=O) groups is 1. The fraction of sp³-hybridized carbons (Fsp3) is 0.179. The number of hydrogen-bond acceptors (Lipinski definition) is 4. The fourth-order valence-electron chi connectivity index (χ4n) is 4.78. The van der Waals surface area contributed by atoms with Gasteiger partial charge in [-0.25, -0.2) is 13.2 Å². The van der Waals surface area contributed by atoms with Crippen molar-refractivity contribution in [2.24, 2.45) is 0 Å². The van der Waals surface area contributed by atoms with Crippen LogP contribution in [0.5, 0.6) is 0 Å². The van der Waals surface area contributed by atoms with Crippen LogP contribution in [0, 0.1) is 17.5 Å².